The zero-order valence-electron chi connectivity index (χ0n) is 9.32. The maximum atomic E-state index is 13.3. The van der Waals surface area contributed by atoms with Gasteiger partial charge in [-0.05, 0) is 0 Å². The molecule has 0 saturated heterocycles. The summed E-state index contributed by atoms with van der Waals surface area (Å²) in [7, 11) is -11.2. The summed E-state index contributed by atoms with van der Waals surface area (Å²) < 4.78 is 183. The predicted octanol–water partition coefficient (Wildman–Crippen LogP) is 6.18. The van der Waals surface area contributed by atoms with E-state index in [9.17, 15) is 65.5 Å². The Morgan fingerprint density at radius 2 is 0.727 bits per heavy atom. The van der Waals surface area contributed by atoms with E-state index in [0.29, 0.717) is 0 Å². The normalized spacial score (nSPS) is 18.0. The maximum absolute atomic E-state index is 13.3. The number of alkyl halides is 13. The molecular formula is C6H2F15P. The van der Waals surface area contributed by atoms with Crippen LogP contribution in [-0.2, 0) is 0 Å². The minimum absolute atomic E-state index is 4.93. The summed E-state index contributed by atoms with van der Waals surface area (Å²) in [6.45, 7) is 0. The van der Waals surface area contributed by atoms with Crippen LogP contribution in [0.1, 0.15) is 0 Å². The molecule has 0 nitrogen and oxygen atoms in total. The summed E-state index contributed by atoms with van der Waals surface area (Å²) in [5, 5.41) is 0. The van der Waals surface area contributed by atoms with Gasteiger partial charge in [0, 0.05) is 0 Å². The fourth-order valence-electron chi connectivity index (χ4n) is 1.19. The van der Waals surface area contributed by atoms with Crippen LogP contribution in [0.15, 0.2) is 0 Å². The van der Waals surface area contributed by atoms with Gasteiger partial charge in [-0.25, -0.2) is 0 Å². The second-order valence-electron chi connectivity index (χ2n) is 3.92. The molecule has 22 heavy (non-hydrogen) atoms. The summed E-state index contributed by atoms with van der Waals surface area (Å²) in [6, 6.07) is 0. The first kappa shape index (κ1) is 21.4. The first-order valence-corrected chi connectivity index (χ1v) is 6.61. The van der Waals surface area contributed by atoms with E-state index in [-0.39, 0.29) is 0 Å². The monoisotopic (exact) mass is 390 g/mol. The van der Waals surface area contributed by atoms with Crippen LogP contribution in [0, 0.1) is 0 Å². The number of hydrogen-bond acceptors (Lipinski definition) is 0. The van der Waals surface area contributed by atoms with E-state index in [2.05, 4.69) is 0 Å². The van der Waals surface area contributed by atoms with Crippen LogP contribution in [0.4, 0.5) is 65.5 Å². The molecule has 0 spiro atoms. The second kappa shape index (κ2) is 4.69. The van der Waals surface area contributed by atoms with E-state index in [4.69, 9.17) is 0 Å². The fourth-order valence-corrected chi connectivity index (χ4v) is 3.56. The molecule has 0 aliphatic carbocycles. The molecule has 0 saturated carbocycles. The van der Waals surface area contributed by atoms with Crippen molar-refractivity contribution in [3.05, 3.63) is 0 Å². The van der Waals surface area contributed by atoms with Crippen molar-refractivity contribution < 1.29 is 65.5 Å². The molecular weight excluding hydrogens is 388 g/mol. The molecule has 0 aromatic carbocycles. The van der Waals surface area contributed by atoms with Crippen LogP contribution in [-0.4, -0.2) is 36.0 Å². The fraction of sp³-hybridized carbons (Fsp3) is 1.00. The Morgan fingerprint density at radius 1 is 0.500 bits per heavy atom. The number of halogens is 15. The summed E-state index contributed by atoms with van der Waals surface area (Å²) in [5.74, 6) is 0. The van der Waals surface area contributed by atoms with Gasteiger partial charge in [-0.15, -0.1) is 0 Å². The Bertz CT molecular complexity index is 391. The Morgan fingerprint density at radius 3 is 0.864 bits per heavy atom. The molecule has 0 aliphatic rings. The van der Waals surface area contributed by atoms with Crippen LogP contribution in [0.25, 0.3) is 0 Å². The van der Waals surface area contributed by atoms with Crippen molar-refractivity contribution in [3.8, 4) is 0 Å². The molecule has 0 fully saturated rings. The molecule has 136 valence electrons. The average molecular weight is 390 g/mol. The van der Waals surface area contributed by atoms with Gasteiger partial charge in [0.25, 0.3) is 0 Å². The average Bonchev–Trinajstić information content (AvgIpc) is 2.09. The van der Waals surface area contributed by atoms with E-state index in [0.717, 1.165) is 0 Å². The molecule has 0 heterocycles. The zero-order chi connectivity index (χ0) is 18.7. The van der Waals surface area contributed by atoms with E-state index in [1.807, 2.05) is 0 Å². The Labute approximate surface area is 110 Å². The van der Waals surface area contributed by atoms with Crippen LogP contribution < -0.4 is 0 Å². The predicted molar refractivity (Wildman–Crippen MR) is 42.1 cm³/mol. The van der Waals surface area contributed by atoms with Crippen molar-refractivity contribution in [2.75, 3.05) is 6.16 Å². The molecule has 0 atom stereocenters. The van der Waals surface area contributed by atoms with Gasteiger partial charge in [0.05, 0.1) is 0 Å². The van der Waals surface area contributed by atoms with Crippen molar-refractivity contribution in [1.82, 2.24) is 0 Å². The standard InChI is InChI=1S/C6H2F15P/c7-2(8,9)1-22(20,21,5(16,17)3(10,11)12)6(18,19)4(13,14)15/h1H2. The number of hydrogen-bond donors (Lipinski definition) is 0. The van der Waals surface area contributed by atoms with Crippen LogP contribution in [0.3, 0.4) is 0 Å². The van der Waals surface area contributed by atoms with Crippen molar-refractivity contribution in [2.45, 2.75) is 29.9 Å². The summed E-state index contributed by atoms with van der Waals surface area (Å²) in [5.41, 5.74) is -16.4. The third kappa shape index (κ3) is 2.80. The van der Waals surface area contributed by atoms with E-state index in [1.165, 1.54) is 0 Å². The molecule has 0 amide bonds. The van der Waals surface area contributed by atoms with Gasteiger partial charge in [-0.2, -0.15) is 0 Å². The molecule has 0 bridgehead atoms. The van der Waals surface area contributed by atoms with Gasteiger partial charge >= 0.3 is 109 Å². The van der Waals surface area contributed by atoms with Crippen molar-refractivity contribution in [3.63, 3.8) is 0 Å². The van der Waals surface area contributed by atoms with Gasteiger partial charge < -0.3 is 0 Å². The van der Waals surface area contributed by atoms with Crippen LogP contribution in [0.2, 0.25) is 0 Å². The van der Waals surface area contributed by atoms with E-state index in [1.54, 1.807) is 0 Å². The molecule has 0 aliphatic heterocycles. The summed E-state index contributed by atoms with van der Waals surface area (Å²) in [4.78, 5) is 0. The van der Waals surface area contributed by atoms with Crippen molar-refractivity contribution in [2.24, 2.45) is 0 Å². The van der Waals surface area contributed by atoms with Gasteiger partial charge in [0.15, 0.2) is 0 Å². The second-order valence-corrected chi connectivity index (χ2v) is 7.50. The van der Waals surface area contributed by atoms with Crippen LogP contribution >= 0.6 is 7.22 Å². The van der Waals surface area contributed by atoms with Crippen molar-refractivity contribution in [1.29, 1.82) is 0 Å². The third-order valence-corrected chi connectivity index (χ3v) is 5.87. The third-order valence-electron chi connectivity index (χ3n) is 2.24. The minimum atomic E-state index is -11.2. The Balaban J connectivity index is 6.76. The summed E-state index contributed by atoms with van der Waals surface area (Å²) >= 11 is 0. The van der Waals surface area contributed by atoms with Gasteiger partial charge in [0.1, 0.15) is 0 Å². The molecule has 0 aromatic rings. The first-order valence-electron chi connectivity index (χ1n) is 4.41. The SMILES string of the molecule is FC(F)(F)CP(F)(F)(C(F)(F)C(F)(F)F)C(F)(F)C(F)(F)F. The quantitative estimate of drug-likeness (QED) is 0.399. The Kier molecular flexibility index (Phi) is 4.56. The first-order chi connectivity index (χ1) is 9.01. The molecule has 16 heteroatoms. The van der Waals surface area contributed by atoms with Gasteiger partial charge in [-0.3, -0.25) is 0 Å². The molecule has 0 unspecified atom stereocenters. The van der Waals surface area contributed by atoms with Gasteiger partial charge in [0.2, 0.25) is 0 Å². The van der Waals surface area contributed by atoms with Crippen LogP contribution in [0.5, 0.6) is 0 Å². The molecule has 0 N–H and O–H groups in total. The summed E-state index contributed by atoms with van der Waals surface area (Å²) in [6.07, 6.45) is -27.3. The van der Waals surface area contributed by atoms with E-state index >= 15 is 0 Å². The Hall–Kier alpha value is -0.620. The van der Waals surface area contributed by atoms with Crippen molar-refractivity contribution >= 4 is 7.22 Å². The zero-order valence-corrected chi connectivity index (χ0v) is 10.2. The topological polar surface area (TPSA) is 0 Å². The molecule has 0 radical (unpaired) electrons. The van der Waals surface area contributed by atoms with E-state index < -0.39 is 43.2 Å². The molecule has 0 rings (SSSR count). The van der Waals surface area contributed by atoms with Gasteiger partial charge in [-0.1, -0.05) is 0 Å². The number of rotatable bonds is 3. The molecule has 0 aromatic heterocycles.